The topological polar surface area (TPSA) is 84.2 Å². The molecular formula is C13H19N3O3. The van der Waals surface area contributed by atoms with Gasteiger partial charge in [-0.1, -0.05) is 0 Å². The molecule has 2 unspecified atom stereocenters. The van der Waals surface area contributed by atoms with Crippen molar-refractivity contribution in [2.24, 2.45) is 11.8 Å². The number of aryl methyl sites for hydroxylation is 1. The van der Waals surface area contributed by atoms with Gasteiger partial charge in [0.2, 0.25) is 5.91 Å². The first-order chi connectivity index (χ1) is 9.16. The van der Waals surface area contributed by atoms with Crippen molar-refractivity contribution in [2.45, 2.75) is 32.2 Å². The number of hydrogen-bond donors (Lipinski definition) is 2. The van der Waals surface area contributed by atoms with Crippen molar-refractivity contribution in [1.82, 2.24) is 15.1 Å². The molecule has 2 rings (SSSR count). The van der Waals surface area contributed by atoms with Crippen molar-refractivity contribution in [1.29, 1.82) is 0 Å². The molecule has 1 aliphatic rings. The summed E-state index contributed by atoms with van der Waals surface area (Å²) in [5.74, 6) is -1.27. The van der Waals surface area contributed by atoms with Crippen LogP contribution in [0.4, 0.5) is 0 Å². The second-order valence-corrected chi connectivity index (χ2v) is 4.96. The van der Waals surface area contributed by atoms with E-state index in [1.807, 2.05) is 16.9 Å². The van der Waals surface area contributed by atoms with Crippen molar-refractivity contribution in [3.63, 3.8) is 0 Å². The third-order valence-corrected chi connectivity index (χ3v) is 3.58. The molecule has 0 aliphatic heterocycles. The Balaban J connectivity index is 1.63. The lowest BCUT2D eigenvalue weighted by Crippen LogP contribution is -2.31. The van der Waals surface area contributed by atoms with Gasteiger partial charge in [-0.05, 0) is 31.7 Å². The molecule has 1 aliphatic carbocycles. The van der Waals surface area contributed by atoms with Crippen molar-refractivity contribution >= 4 is 11.9 Å². The standard InChI is InChI=1S/C13H19N3O3/c17-12(10-3-4-11(9-10)13(18)19)14-5-1-7-16-8-2-6-15-16/h2,6,8,10-11H,1,3-5,7,9H2,(H,14,17)(H,18,19). The minimum Gasteiger partial charge on any atom is -0.481 e. The number of aromatic nitrogens is 2. The number of rotatable bonds is 6. The number of aliphatic carboxylic acids is 1. The van der Waals surface area contributed by atoms with Gasteiger partial charge >= 0.3 is 5.97 Å². The fraction of sp³-hybridized carbons (Fsp3) is 0.615. The molecule has 6 heteroatoms. The molecule has 0 saturated heterocycles. The quantitative estimate of drug-likeness (QED) is 0.748. The first-order valence-corrected chi connectivity index (χ1v) is 6.65. The molecule has 0 aromatic carbocycles. The van der Waals surface area contributed by atoms with Gasteiger partial charge in [0.05, 0.1) is 5.92 Å². The summed E-state index contributed by atoms with van der Waals surface area (Å²) in [5, 5.41) is 15.8. The number of carbonyl (C=O) groups excluding carboxylic acids is 1. The first-order valence-electron chi connectivity index (χ1n) is 6.65. The van der Waals surface area contributed by atoms with E-state index in [0.29, 0.717) is 25.8 Å². The normalized spacial score (nSPS) is 22.3. The lowest BCUT2D eigenvalue weighted by Gasteiger charge is -2.10. The highest BCUT2D eigenvalue weighted by Crippen LogP contribution is 2.30. The molecule has 1 saturated carbocycles. The Labute approximate surface area is 111 Å². The van der Waals surface area contributed by atoms with Crippen LogP contribution in [0.2, 0.25) is 0 Å². The zero-order valence-corrected chi connectivity index (χ0v) is 10.8. The molecule has 104 valence electrons. The van der Waals surface area contributed by atoms with Gasteiger partial charge in [-0.2, -0.15) is 5.10 Å². The minimum atomic E-state index is -0.783. The van der Waals surface area contributed by atoms with Crippen LogP contribution in [0.1, 0.15) is 25.7 Å². The Morgan fingerprint density at radius 3 is 2.79 bits per heavy atom. The van der Waals surface area contributed by atoms with Gasteiger partial charge in [0.25, 0.3) is 0 Å². The van der Waals surface area contributed by atoms with Crippen molar-refractivity contribution in [3.05, 3.63) is 18.5 Å². The SMILES string of the molecule is O=C(O)C1CCC(C(=O)NCCCn2cccn2)C1. The van der Waals surface area contributed by atoms with Crippen LogP contribution >= 0.6 is 0 Å². The van der Waals surface area contributed by atoms with Gasteiger partial charge in [0.15, 0.2) is 0 Å². The number of nitrogens with one attached hydrogen (secondary N) is 1. The van der Waals surface area contributed by atoms with E-state index in [4.69, 9.17) is 5.11 Å². The predicted molar refractivity (Wildman–Crippen MR) is 68.3 cm³/mol. The maximum Gasteiger partial charge on any atom is 0.306 e. The van der Waals surface area contributed by atoms with Crippen LogP contribution in [0.5, 0.6) is 0 Å². The summed E-state index contributed by atoms with van der Waals surface area (Å²) in [6, 6.07) is 1.86. The summed E-state index contributed by atoms with van der Waals surface area (Å²) >= 11 is 0. The van der Waals surface area contributed by atoms with Crippen LogP contribution in [0, 0.1) is 11.8 Å². The maximum atomic E-state index is 11.8. The summed E-state index contributed by atoms with van der Waals surface area (Å²) in [5.41, 5.74) is 0. The largest absolute Gasteiger partial charge is 0.481 e. The molecule has 0 radical (unpaired) electrons. The number of carboxylic acid groups (broad SMARTS) is 1. The van der Waals surface area contributed by atoms with E-state index < -0.39 is 5.97 Å². The van der Waals surface area contributed by atoms with E-state index in [1.165, 1.54) is 0 Å². The van der Waals surface area contributed by atoms with Crippen molar-refractivity contribution in [3.8, 4) is 0 Å². The third kappa shape index (κ3) is 3.81. The number of hydrogen-bond acceptors (Lipinski definition) is 3. The Kier molecular flexibility index (Phi) is 4.54. The number of carboxylic acids is 1. The van der Waals surface area contributed by atoms with Crippen LogP contribution in [0.25, 0.3) is 0 Å². The molecular weight excluding hydrogens is 246 g/mol. The van der Waals surface area contributed by atoms with Gasteiger partial charge in [-0.15, -0.1) is 0 Å². The lowest BCUT2D eigenvalue weighted by molar-refractivity contribution is -0.141. The van der Waals surface area contributed by atoms with Gasteiger partial charge < -0.3 is 10.4 Å². The fourth-order valence-electron chi connectivity index (χ4n) is 2.47. The molecule has 6 nitrogen and oxygen atoms in total. The van der Waals surface area contributed by atoms with E-state index >= 15 is 0 Å². The third-order valence-electron chi connectivity index (χ3n) is 3.58. The van der Waals surface area contributed by atoms with Crippen molar-refractivity contribution in [2.75, 3.05) is 6.54 Å². The van der Waals surface area contributed by atoms with Crippen LogP contribution in [0.3, 0.4) is 0 Å². The monoisotopic (exact) mass is 265 g/mol. The average molecular weight is 265 g/mol. The molecule has 1 amide bonds. The Hall–Kier alpha value is -1.85. The average Bonchev–Trinajstić information content (AvgIpc) is 3.05. The minimum absolute atomic E-state index is 0.00999. The maximum absolute atomic E-state index is 11.8. The highest BCUT2D eigenvalue weighted by molar-refractivity contribution is 5.80. The molecule has 1 heterocycles. The van der Waals surface area contributed by atoms with Crippen LogP contribution in [-0.4, -0.2) is 33.3 Å². The second kappa shape index (κ2) is 6.36. The second-order valence-electron chi connectivity index (χ2n) is 4.96. The zero-order chi connectivity index (χ0) is 13.7. The van der Waals surface area contributed by atoms with E-state index in [9.17, 15) is 9.59 Å². The smallest absolute Gasteiger partial charge is 0.306 e. The molecule has 0 bridgehead atoms. The fourth-order valence-corrected chi connectivity index (χ4v) is 2.47. The van der Waals surface area contributed by atoms with E-state index in [0.717, 1.165) is 13.0 Å². The summed E-state index contributed by atoms with van der Waals surface area (Å²) in [6.45, 7) is 1.38. The molecule has 1 fully saturated rings. The van der Waals surface area contributed by atoms with E-state index in [2.05, 4.69) is 10.4 Å². The zero-order valence-electron chi connectivity index (χ0n) is 10.8. The first kappa shape index (κ1) is 13.6. The van der Waals surface area contributed by atoms with Crippen LogP contribution in [0.15, 0.2) is 18.5 Å². The molecule has 19 heavy (non-hydrogen) atoms. The van der Waals surface area contributed by atoms with Gasteiger partial charge in [-0.3, -0.25) is 14.3 Å². The number of nitrogens with zero attached hydrogens (tertiary/aromatic N) is 2. The Morgan fingerprint density at radius 1 is 1.37 bits per heavy atom. The van der Waals surface area contributed by atoms with Gasteiger partial charge in [0, 0.05) is 31.4 Å². The van der Waals surface area contributed by atoms with Crippen molar-refractivity contribution < 1.29 is 14.7 Å². The van der Waals surface area contributed by atoms with Crippen LogP contribution in [-0.2, 0) is 16.1 Å². The Bertz CT molecular complexity index is 430. The lowest BCUT2D eigenvalue weighted by atomic mass is 10.0. The summed E-state index contributed by atoms with van der Waals surface area (Å²) < 4.78 is 1.82. The van der Waals surface area contributed by atoms with E-state index in [-0.39, 0.29) is 17.7 Å². The highest BCUT2D eigenvalue weighted by Gasteiger charge is 2.33. The van der Waals surface area contributed by atoms with Crippen LogP contribution < -0.4 is 5.32 Å². The predicted octanol–water partition coefficient (Wildman–Crippen LogP) is 0.890. The van der Waals surface area contributed by atoms with E-state index in [1.54, 1.807) is 6.20 Å². The molecule has 0 spiro atoms. The molecule has 1 aromatic heterocycles. The molecule has 2 atom stereocenters. The molecule has 2 N–H and O–H groups in total. The Morgan fingerprint density at radius 2 is 2.16 bits per heavy atom. The number of carbonyl (C=O) groups is 2. The van der Waals surface area contributed by atoms with Gasteiger partial charge in [-0.25, -0.2) is 0 Å². The van der Waals surface area contributed by atoms with Gasteiger partial charge in [0.1, 0.15) is 0 Å². The highest BCUT2D eigenvalue weighted by atomic mass is 16.4. The molecule has 1 aromatic rings. The summed E-state index contributed by atoms with van der Waals surface area (Å²) in [7, 11) is 0. The summed E-state index contributed by atoms with van der Waals surface area (Å²) in [6.07, 6.45) is 6.20. The number of amides is 1. The summed E-state index contributed by atoms with van der Waals surface area (Å²) in [4.78, 5) is 22.7.